The van der Waals surface area contributed by atoms with Crippen LogP contribution in [0.25, 0.3) is 0 Å². The van der Waals surface area contributed by atoms with Gasteiger partial charge in [-0.2, -0.15) is 0 Å². The smallest absolute Gasteiger partial charge is 0.289 e. The quantitative estimate of drug-likeness (QED) is 0.843. The minimum atomic E-state index is -0.0156. The van der Waals surface area contributed by atoms with Gasteiger partial charge in [-0.05, 0) is 42.9 Å². The van der Waals surface area contributed by atoms with Crippen LogP contribution in [0, 0.1) is 11.3 Å². The Morgan fingerprint density at radius 2 is 2.12 bits per heavy atom. The second-order valence-corrected chi connectivity index (χ2v) is 7.13. The Morgan fingerprint density at radius 3 is 2.85 bits per heavy atom. The number of ether oxygens (including phenoxy) is 2. The molecule has 1 atom stereocenters. The highest BCUT2D eigenvalue weighted by molar-refractivity contribution is 5.91. The monoisotopic (exact) mass is 356 g/mol. The van der Waals surface area contributed by atoms with Gasteiger partial charge in [-0.15, -0.1) is 0 Å². The van der Waals surface area contributed by atoms with Crippen molar-refractivity contribution in [3.63, 3.8) is 0 Å². The summed E-state index contributed by atoms with van der Waals surface area (Å²) in [5, 5.41) is 0. The maximum atomic E-state index is 12.5. The van der Waals surface area contributed by atoms with Crippen LogP contribution in [-0.2, 0) is 4.74 Å². The summed E-state index contributed by atoms with van der Waals surface area (Å²) in [4.78, 5) is 18.6. The third-order valence-electron chi connectivity index (χ3n) is 5.78. The number of hydrogen-bond donors (Lipinski definition) is 0. The van der Waals surface area contributed by atoms with Crippen molar-refractivity contribution in [2.45, 2.75) is 19.3 Å². The lowest BCUT2D eigenvalue weighted by atomic mass is 9.66. The largest absolute Gasteiger partial charge is 0.477 e. The molecule has 6 nitrogen and oxygen atoms in total. The predicted molar refractivity (Wildman–Crippen MR) is 94.9 cm³/mol. The molecule has 0 N–H and O–H groups in total. The van der Waals surface area contributed by atoms with Crippen molar-refractivity contribution in [1.29, 1.82) is 0 Å². The van der Waals surface area contributed by atoms with Crippen LogP contribution in [-0.4, -0.2) is 48.7 Å². The third-order valence-corrected chi connectivity index (χ3v) is 5.78. The van der Waals surface area contributed by atoms with Crippen molar-refractivity contribution in [2.24, 2.45) is 11.3 Å². The van der Waals surface area contributed by atoms with Gasteiger partial charge >= 0.3 is 0 Å². The molecule has 6 heteroatoms. The zero-order valence-corrected chi connectivity index (χ0v) is 14.8. The molecule has 26 heavy (non-hydrogen) atoms. The van der Waals surface area contributed by atoms with Crippen molar-refractivity contribution >= 4 is 5.91 Å². The van der Waals surface area contributed by atoms with Crippen LogP contribution < -0.4 is 4.74 Å². The number of nitrogens with zero attached hydrogens (tertiary/aromatic N) is 2. The van der Waals surface area contributed by atoms with Gasteiger partial charge in [-0.3, -0.25) is 4.79 Å². The summed E-state index contributed by atoms with van der Waals surface area (Å²) in [5.41, 5.74) is 0.174. The topological polar surface area (TPSA) is 64.8 Å². The molecule has 1 spiro atoms. The van der Waals surface area contributed by atoms with Crippen LogP contribution in [0.4, 0.5) is 0 Å². The van der Waals surface area contributed by atoms with Crippen LogP contribution in [0.3, 0.4) is 0 Å². The lowest BCUT2D eigenvalue weighted by Gasteiger charge is -2.48. The first-order valence-corrected chi connectivity index (χ1v) is 9.21. The molecule has 2 saturated heterocycles. The summed E-state index contributed by atoms with van der Waals surface area (Å²) in [6.07, 6.45) is 6.24. The van der Waals surface area contributed by atoms with E-state index in [2.05, 4.69) is 4.98 Å². The van der Waals surface area contributed by atoms with Gasteiger partial charge in [-0.1, -0.05) is 6.07 Å². The molecule has 2 aromatic rings. The molecule has 4 heterocycles. The van der Waals surface area contributed by atoms with Gasteiger partial charge in [0.25, 0.3) is 5.91 Å². The van der Waals surface area contributed by atoms with Crippen molar-refractivity contribution in [3.8, 4) is 5.88 Å². The fourth-order valence-corrected chi connectivity index (χ4v) is 4.09. The minimum Gasteiger partial charge on any atom is -0.477 e. The van der Waals surface area contributed by atoms with Gasteiger partial charge in [0.1, 0.15) is 0 Å². The summed E-state index contributed by atoms with van der Waals surface area (Å²) < 4.78 is 16.9. The zero-order chi connectivity index (χ0) is 17.8. The number of pyridine rings is 1. The Bertz CT molecular complexity index is 709. The average Bonchev–Trinajstić information content (AvgIpc) is 3.23. The Labute approximate surface area is 153 Å². The number of furan rings is 1. The first kappa shape index (κ1) is 17.1. The van der Waals surface area contributed by atoms with E-state index in [1.165, 1.54) is 0 Å². The molecule has 2 aliphatic heterocycles. The molecule has 0 aliphatic carbocycles. The highest BCUT2D eigenvalue weighted by Gasteiger charge is 2.44. The molecule has 0 radical (unpaired) electrons. The van der Waals surface area contributed by atoms with Crippen LogP contribution >= 0.6 is 0 Å². The Hall–Kier alpha value is -2.34. The molecular formula is C20H24N2O4. The average molecular weight is 356 g/mol. The van der Waals surface area contributed by atoms with Gasteiger partial charge in [0.15, 0.2) is 5.76 Å². The van der Waals surface area contributed by atoms with E-state index in [0.29, 0.717) is 30.8 Å². The normalized spacial score (nSPS) is 22.3. The lowest BCUT2D eigenvalue weighted by molar-refractivity contribution is -0.0827. The van der Waals surface area contributed by atoms with E-state index in [1.807, 2.05) is 23.1 Å². The molecule has 4 rings (SSSR count). The minimum absolute atomic E-state index is 0.0156. The van der Waals surface area contributed by atoms with E-state index < -0.39 is 0 Å². The van der Waals surface area contributed by atoms with E-state index >= 15 is 0 Å². The van der Waals surface area contributed by atoms with E-state index in [-0.39, 0.29) is 11.3 Å². The van der Waals surface area contributed by atoms with Crippen LogP contribution in [0.1, 0.15) is 29.8 Å². The van der Waals surface area contributed by atoms with Gasteiger partial charge in [0, 0.05) is 37.9 Å². The third kappa shape index (κ3) is 3.46. The second kappa shape index (κ2) is 7.50. The summed E-state index contributed by atoms with van der Waals surface area (Å²) in [6, 6.07) is 9.16. The SMILES string of the molecule is O=C(c1ccco1)N1CCC2(CCOCC2COc2ccccn2)CC1. The highest BCUT2D eigenvalue weighted by Crippen LogP contribution is 2.45. The number of amides is 1. The number of carbonyl (C=O) groups excluding carboxylic acids is 1. The maximum Gasteiger partial charge on any atom is 0.289 e. The van der Waals surface area contributed by atoms with Crippen LogP contribution in [0.2, 0.25) is 0 Å². The summed E-state index contributed by atoms with van der Waals surface area (Å²) >= 11 is 0. The van der Waals surface area contributed by atoms with E-state index in [1.54, 1.807) is 24.6 Å². The summed E-state index contributed by atoms with van der Waals surface area (Å²) in [5.74, 6) is 1.37. The van der Waals surface area contributed by atoms with Gasteiger partial charge < -0.3 is 18.8 Å². The fourth-order valence-electron chi connectivity index (χ4n) is 4.09. The molecule has 2 fully saturated rings. The maximum absolute atomic E-state index is 12.5. The number of carbonyl (C=O) groups is 1. The van der Waals surface area contributed by atoms with Gasteiger partial charge in [0.05, 0.1) is 19.5 Å². The molecule has 2 aromatic heterocycles. The van der Waals surface area contributed by atoms with E-state index in [0.717, 1.165) is 39.0 Å². The van der Waals surface area contributed by atoms with Gasteiger partial charge in [0.2, 0.25) is 5.88 Å². The molecule has 0 saturated carbocycles. The lowest BCUT2D eigenvalue weighted by Crippen LogP contribution is -2.50. The van der Waals surface area contributed by atoms with Crippen molar-refractivity contribution in [2.75, 3.05) is 32.9 Å². The number of hydrogen-bond acceptors (Lipinski definition) is 5. The van der Waals surface area contributed by atoms with E-state index in [4.69, 9.17) is 13.9 Å². The Morgan fingerprint density at radius 1 is 1.23 bits per heavy atom. The zero-order valence-electron chi connectivity index (χ0n) is 14.8. The predicted octanol–water partition coefficient (Wildman–Crippen LogP) is 3.01. The van der Waals surface area contributed by atoms with Gasteiger partial charge in [-0.25, -0.2) is 4.98 Å². The first-order valence-electron chi connectivity index (χ1n) is 9.21. The number of rotatable bonds is 4. The molecule has 2 aliphatic rings. The highest BCUT2D eigenvalue weighted by atomic mass is 16.5. The van der Waals surface area contributed by atoms with Crippen molar-refractivity contribution < 1.29 is 18.7 Å². The standard InChI is InChI=1S/C20H24N2O4/c23-19(17-4-3-12-25-17)22-10-6-20(7-11-22)8-13-24-14-16(20)15-26-18-5-1-2-9-21-18/h1-5,9,12,16H,6-8,10-11,13-15H2. The van der Waals surface area contributed by atoms with E-state index in [9.17, 15) is 4.79 Å². The molecule has 1 amide bonds. The molecule has 138 valence electrons. The number of likely N-dealkylation sites (tertiary alicyclic amines) is 1. The second-order valence-electron chi connectivity index (χ2n) is 7.13. The molecule has 0 aromatic carbocycles. The molecule has 1 unspecified atom stereocenters. The first-order chi connectivity index (χ1) is 12.8. The summed E-state index contributed by atoms with van der Waals surface area (Å²) in [7, 11) is 0. The molecular weight excluding hydrogens is 332 g/mol. The van der Waals surface area contributed by atoms with Crippen LogP contribution in [0.15, 0.2) is 47.2 Å². The number of aromatic nitrogens is 1. The van der Waals surface area contributed by atoms with Crippen LogP contribution in [0.5, 0.6) is 5.88 Å². The van der Waals surface area contributed by atoms with Crippen molar-refractivity contribution in [3.05, 3.63) is 48.6 Å². The fraction of sp³-hybridized carbons (Fsp3) is 0.500. The Balaban J connectivity index is 1.39. The molecule has 0 bridgehead atoms. The Kier molecular flexibility index (Phi) is 4.93. The summed E-state index contributed by atoms with van der Waals surface area (Å²) in [6.45, 7) is 3.59. The van der Waals surface area contributed by atoms with Crippen molar-refractivity contribution in [1.82, 2.24) is 9.88 Å². The number of piperidine rings is 1.